The molecule has 1 N–H and O–H groups in total. The van der Waals surface area contributed by atoms with E-state index in [9.17, 15) is 4.79 Å². The lowest BCUT2D eigenvalue weighted by Gasteiger charge is -2.11. The summed E-state index contributed by atoms with van der Waals surface area (Å²) >= 11 is 0. The smallest absolute Gasteiger partial charge is 0.255 e. The summed E-state index contributed by atoms with van der Waals surface area (Å²) in [7, 11) is 1.55. The predicted octanol–water partition coefficient (Wildman–Crippen LogP) is 4.15. The van der Waals surface area contributed by atoms with Crippen molar-refractivity contribution < 1.29 is 13.9 Å². The number of fused-ring (bicyclic) bond motifs is 1. The Bertz CT molecular complexity index is 1040. The summed E-state index contributed by atoms with van der Waals surface area (Å²) in [6.07, 6.45) is 1.66. The standard InChI is InChI=1S/C20H15N3O3/c1-25-16-10-9-14(20-23-18-17(26-20)8-5-11-21-18)12-15(16)22-19(24)13-6-3-2-4-7-13/h2-12H,1H3,(H,22,24). The molecule has 0 aliphatic heterocycles. The molecule has 0 fully saturated rings. The molecule has 0 aliphatic rings. The molecule has 6 nitrogen and oxygen atoms in total. The van der Waals surface area contributed by atoms with Crippen LogP contribution in [0.15, 0.2) is 71.3 Å². The van der Waals surface area contributed by atoms with Gasteiger partial charge in [0.15, 0.2) is 11.2 Å². The number of amides is 1. The molecule has 0 unspecified atom stereocenters. The van der Waals surface area contributed by atoms with Crippen molar-refractivity contribution in [1.29, 1.82) is 0 Å². The van der Waals surface area contributed by atoms with Crippen LogP contribution in [0.5, 0.6) is 5.75 Å². The van der Waals surface area contributed by atoms with E-state index < -0.39 is 0 Å². The van der Waals surface area contributed by atoms with Crippen LogP contribution in [-0.2, 0) is 0 Å². The van der Waals surface area contributed by atoms with Crippen molar-refractivity contribution in [2.45, 2.75) is 0 Å². The molecular formula is C20H15N3O3. The molecule has 1 amide bonds. The highest BCUT2D eigenvalue weighted by Crippen LogP contribution is 2.31. The van der Waals surface area contributed by atoms with Crippen molar-refractivity contribution in [3.8, 4) is 17.2 Å². The summed E-state index contributed by atoms with van der Waals surface area (Å²) in [4.78, 5) is 21.0. The molecule has 4 aromatic rings. The fourth-order valence-electron chi connectivity index (χ4n) is 2.62. The SMILES string of the molecule is COc1ccc(-c2nc3ncccc3o2)cc1NC(=O)c1ccccc1. The second-order valence-corrected chi connectivity index (χ2v) is 5.58. The molecule has 4 rings (SSSR count). The van der Waals surface area contributed by atoms with Gasteiger partial charge in [-0.15, -0.1) is 0 Å². The van der Waals surface area contributed by atoms with Gasteiger partial charge in [0.05, 0.1) is 12.8 Å². The zero-order chi connectivity index (χ0) is 17.9. The molecule has 2 aromatic carbocycles. The number of rotatable bonds is 4. The Labute approximate surface area is 149 Å². The van der Waals surface area contributed by atoms with Gasteiger partial charge >= 0.3 is 0 Å². The minimum absolute atomic E-state index is 0.222. The summed E-state index contributed by atoms with van der Waals surface area (Å²) < 4.78 is 11.1. The number of nitrogens with zero attached hydrogens (tertiary/aromatic N) is 2. The monoisotopic (exact) mass is 345 g/mol. The van der Waals surface area contributed by atoms with Gasteiger partial charge in [-0.3, -0.25) is 4.79 Å². The Kier molecular flexibility index (Phi) is 4.07. The van der Waals surface area contributed by atoms with Crippen LogP contribution in [0.1, 0.15) is 10.4 Å². The number of carbonyl (C=O) groups excluding carboxylic acids is 1. The van der Waals surface area contributed by atoms with E-state index in [0.717, 1.165) is 0 Å². The van der Waals surface area contributed by atoms with Gasteiger partial charge in [-0.05, 0) is 42.5 Å². The fraction of sp³-hybridized carbons (Fsp3) is 0.0500. The topological polar surface area (TPSA) is 77.2 Å². The van der Waals surface area contributed by atoms with Gasteiger partial charge < -0.3 is 14.5 Å². The number of carbonyl (C=O) groups is 1. The number of methoxy groups -OCH3 is 1. The number of hydrogen-bond donors (Lipinski definition) is 1. The Balaban J connectivity index is 1.70. The highest BCUT2D eigenvalue weighted by molar-refractivity contribution is 6.05. The van der Waals surface area contributed by atoms with Gasteiger partial charge in [-0.25, -0.2) is 4.98 Å². The van der Waals surface area contributed by atoms with Gasteiger partial charge in [-0.1, -0.05) is 18.2 Å². The first-order valence-electron chi connectivity index (χ1n) is 8.01. The summed E-state index contributed by atoms with van der Waals surface area (Å²) in [5.41, 5.74) is 2.95. The highest BCUT2D eigenvalue weighted by atomic mass is 16.5. The molecular weight excluding hydrogens is 330 g/mol. The molecule has 128 valence electrons. The van der Waals surface area contributed by atoms with E-state index in [1.165, 1.54) is 0 Å². The molecule has 0 bridgehead atoms. The number of aromatic nitrogens is 2. The molecule has 0 saturated carbocycles. The van der Waals surface area contributed by atoms with Gasteiger partial charge in [0.1, 0.15) is 5.75 Å². The zero-order valence-corrected chi connectivity index (χ0v) is 14.0. The van der Waals surface area contributed by atoms with Crippen molar-refractivity contribution in [3.05, 3.63) is 72.4 Å². The van der Waals surface area contributed by atoms with Crippen LogP contribution in [0.3, 0.4) is 0 Å². The summed E-state index contributed by atoms with van der Waals surface area (Å²) in [6, 6.07) is 17.9. The van der Waals surface area contributed by atoms with Gasteiger partial charge in [0, 0.05) is 17.3 Å². The maximum atomic E-state index is 12.5. The van der Waals surface area contributed by atoms with Crippen LogP contribution in [0.25, 0.3) is 22.7 Å². The van der Waals surface area contributed by atoms with E-state index in [1.54, 1.807) is 49.7 Å². The van der Waals surface area contributed by atoms with Crippen LogP contribution < -0.4 is 10.1 Å². The minimum atomic E-state index is -0.222. The van der Waals surface area contributed by atoms with Crippen LogP contribution in [0.4, 0.5) is 5.69 Å². The van der Waals surface area contributed by atoms with Crippen molar-refractivity contribution in [2.75, 3.05) is 12.4 Å². The second kappa shape index (κ2) is 6.68. The fourth-order valence-corrected chi connectivity index (χ4v) is 2.62. The number of pyridine rings is 1. The molecule has 26 heavy (non-hydrogen) atoms. The Morgan fingerprint density at radius 2 is 1.92 bits per heavy atom. The summed E-state index contributed by atoms with van der Waals surface area (Å²) in [6.45, 7) is 0. The van der Waals surface area contributed by atoms with Crippen LogP contribution >= 0.6 is 0 Å². The first kappa shape index (κ1) is 15.8. The normalized spacial score (nSPS) is 10.7. The van der Waals surface area contributed by atoms with Crippen LogP contribution in [-0.4, -0.2) is 23.0 Å². The van der Waals surface area contributed by atoms with E-state index in [1.807, 2.05) is 24.3 Å². The molecule has 2 aromatic heterocycles. The Morgan fingerprint density at radius 1 is 1.08 bits per heavy atom. The first-order chi connectivity index (χ1) is 12.7. The largest absolute Gasteiger partial charge is 0.495 e. The number of anilines is 1. The van der Waals surface area contributed by atoms with E-state index in [4.69, 9.17) is 9.15 Å². The average Bonchev–Trinajstić information content (AvgIpc) is 3.13. The summed E-state index contributed by atoms with van der Waals surface area (Å²) in [5.74, 6) is 0.754. The molecule has 6 heteroatoms. The Morgan fingerprint density at radius 3 is 2.69 bits per heavy atom. The molecule has 0 spiro atoms. The minimum Gasteiger partial charge on any atom is -0.495 e. The lowest BCUT2D eigenvalue weighted by Crippen LogP contribution is -2.12. The number of nitrogens with one attached hydrogen (secondary N) is 1. The van der Waals surface area contributed by atoms with Crippen molar-refractivity contribution in [1.82, 2.24) is 9.97 Å². The van der Waals surface area contributed by atoms with E-state index in [2.05, 4.69) is 15.3 Å². The van der Waals surface area contributed by atoms with Crippen molar-refractivity contribution >= 4 is 22.8 Å². The number of hydrogen-bond acceptors (Lipinski definition) is 5. The third-order valence-electron chi connectivity index (χ3n) is 3.90. The van der Waals surface area contributed by atoms with Gasteiger partial charge in [-0.2, -0.15) is 4.98 Å². The number of oxazole rings is 1. The zero-order valence-electron chi connectivity index (χ0n) is 14.0. The van der Waals surface area contributed by atoms with E-state index in [-0.39, 0.29) is 5.91 Å². The maximum absolute atomic E-state index is 12.5. The molecule has 2 heterocycles. The quantitative estimate of drug-likeness (QED) is 0.601. The van der Waals surface area contributed by atoms with Crippen molar-refractivity contribution in [2.24, 2.45) is 0 Å². The lowest BCUT2D eigenvalue weighted by molar-refractivity contribution is 0.102. The third-order valence-corrected chi connectivity index (χ3v) is 3.90. The number of benzene rings is 2. The molecule has 0 saturated heterocycles. The molecule has 0 atom stereocenters. The van der Waals surface area contributed by atoms with E-state index in [0.29, 0.717) is 39.7 Å². The maximum Gasteiger partial charge on any atom is 0.255 e. The predicted molar refractivity (Wildman–Crippen MR) is 98.2 cm³/mol. The average molecular weight is 345 g/mol. The molecule has 0 aliphatic carbocycles. The van der Waals surface area contributed by atoms with Gasteiger partial charge in [0.2, 0.25) is 5.89 Å². The third kappa shape index (κ3) is 3.00. The Hall–Kier alpha value is -3.67. The van der Waals surface area contributed by atoms with Crippen molar-refractivity contribution in [3.63, 3.8) is 0 Å². The first-order valence-corrected chi connectivity index (χ1v) is 8.01. The van der Waals surface area contributed by atoms with Crippen LogP contribution in [0, 0.1) is 0 Å². The highest BCUT2D eigenvalue weighted by Gasteiger charge is 2.14. The number of ether oxygens (including phenoxy) is 1. The lowest BCUT2D eigenvalue weighted by atomic mass is 10.1. The molecule has 0 radical (unpaired) electrons. The van der Waals surface area contributed by atoms with Gasteiger partial charge in [0.25, 0.3) is 5.91 Å². The van der Waals surface area contributed by atoms with E-state index >= 15 is 0 Å². The second-order valence-electron chi connectivity index (χ2n) is 5.58. The summed E-state index contributed by atoms with van der Waals surface area (Å²) in [5, 5.41) is 2.87. The van der Waals surface area contributed by atoms with Crippen LogP contribution in [0.2, 0.25) is 0 Å².